The molecule has 1 aliphatic rings. The van der Waals surface area contributed by atoms with Gasteiger partial charge < -0.3 is 10.2 Å². The number of nitrogens with one attached hydrogen (secondary N) is 1. The third-order valence-electron chi connectivity index (χ3n) is 3.80. The smallest absolute Gasteiger partial charge is 0.0570 e. The zero-order valence-electron chi connectivity index (χ0n) is 11.7. The molecule has 1 aliphatic carbocycles. The Morgan fingerprint density at radius 3 is 2.78 bits per heavy atom. The van der Waals surface area contributed by atoms with E-state index in [4.69, 9.17) is 0 Å². The molecule has 0 atom stereocenters. The molecule has 1 N–H and O–H groups in total. The largest absolute Gasteiger partial charge is 0.384 e. The summed E-state index contributed by atoms with van der Waals surface area (Å²) in [6, 6.07) is 2.19. The first-order valence-electron chi connectivity index (χ1n) is 7.19. The molecule has 2 rings (SSSR count). The molecule has 1 heterocycles. The van der Waals surface area contributed by atoms with Crippen LogP contribution in [0.15, 0.2) is 18.5 Å². The lowest BCUT2D eigenvalue weighted by Crippen LogP contribution is -2.26. The van der Waals surface area contributed by atoms with Crippen molar-refractivity contribution in [2.24, 2.45) is 5.92 Å². The number of nitrogens with zero attached hydrogens (tertiary/aromatic N) is 2. The number of pyridine rings is 1. The normalized spacial score (nSPS) is 16.6. The van der Waals surface area contributed by atoms with E-state index >= 15 is 0 Å². The van der Waals surface area contributed by atoms with Crippen molar-refractivity contribution in [2.75, 3.05) is 30.4 Å². The highest BCUT2D eigenvalue weighted by molar-refractivity contribution is 5.55. The van der Waals surface area contributed by atoms with Gasteiger partial charge in [0, 0.05) is 20.1 Å². The van der Waals surface area contributed by atoms with Crippen molar-refractivity contribution in [1.29, 1.82) is 0 Å². The maximum Gasteiger partial charge on any atom is 0.0570 e. The van der Waals surface area contributed by atoms with Crippen LogP contribution >= 0.6 is 0 Å². The van der Waals surface area contributed by atoms with Gasteiger partial charge >= 0.3 is 0 Å². The summed E-state index contributed by atoms with van der Waals surface area (Å²) >= 11 is 0. The van der Waals surface area contributed by atoms with Crippen LogP contribution in [0.3, 0.4) is 0 Å². The van der Waals surface area contributed by atoms with E-state index in [9.17, 15) is 0 Å². The summed E-state index contributed by atoms with van der Waals surface area (Å²) in [5.74, 6) is 0.867. The summed E-state index contributed by atoms with van der Waals surface area (Å²) in [6.07, 6.45) is 10.9. The van der Waals surface area contributed by atoms with E-state index in [1.165, 1.54) is 37.8 Å². The summed E-state index contributed by atoms with van der Waals surface area (Å²) in [7, 11) is 2.18. The van der Waals surface area contributed by atoms with Gasteiger partial charge in [-0.15, -0.1) is 0 Å². The molecule has 0 amide bonds. The first kappa shape index (κ1) is 13.2. The van der Waals surface area contributed by atoms with E-state index in [2.05, 4.69) is 35.2 Å². The number of hydrogen-bond donors (Lipinski definition) is 1. The second-order valence-corrected chi connectivity index (χ2v) is 5.35. The number of aromatic nitrogens is 1. The van der Waals surface area contributed by atoms with Crippen LogP contribution in [0.4, 0.5) is 11.4 Å². The van der Waals surface area contributed by atoms with Gasteiger partial charge in [0.05, 0.1) is 23.8 Å². The zero-order valence-corrected chi connectivity index (χ0v) is 11.7. The van der Waals surface area contributed by atoms with Crippen LogP contribution in [0.5, 0.6) is 0 Å². The van der Waals surface area contributed by atoms with Crippen LogP contribution in [0, 0.1) is 5.92 Å². The maximum absolute atomic E-state index is 4.31. The van der Waals surface area contributed by atoms with Gasteiger partial charge in [-0.1, -0.05) is 19.3 Å². The molecule has 1 aromatic rings. The average molecular weight is 247 g/mol. The Hall–Kier alpha value is -1.25. The fraction of sp³-hybridized carbons (Fsp3) is 0.667. The Labute approximate surface area is 111 Å². The van der Waals surface area contributed by atoms with Crippen LogP contribution in [-0.2, 0) is 0 Å². The van der Waals surface area contributed by atoms with Crippen LogP contribution in [0.25, 0.3) is 0 Å². The van der Waals surface area contributed by atoms with Gasteiger partial charge in [0.2, 0.25) is 0 Å². The molecule has 18 heavy (non-hydrogen) atoms. The van der Waals surface area contributed by atoms with Crippen molar-refractivity contribution in [2.45, 2.75) is 39.0 Å². The second-order valence-electron chi connectivity index (χ2n) is 5.35. The highest BCUT2D eigenvalue weighted by Gasteiger charge is 2.15. The van der Waals surface area contributed by atoms with Crippen molar-refractivity contribution in [3.05, 3.63) is 18.5 Å². The molecular weight excluding hydrogens is 222 g/mol. The van der Waals surface area contributed by atoms with Crippen molar-refractivity contribution in [1.82, 2.24) is 4.98 Å². The lowest BCUT2D eigenvalue weighted by atomic mass is 9.89. The Morgan fingerprint density at radius 2 is 2.06 bits per heavy atom. The molecule has 0 radical (unpaired) electrons. The molecule has 0 bridgehead atoms. The molecule has 0 aliphatic heterocycles. The van der Waals surface area contributed by atoms with E-state index in [-0.39, 0.29) is 0 Å². The Bertz CT molecular complexity index is 359. The molecule has 0 aromatic carbocycles. The lowest BCUT2D eigenvalue weighted by Gasteiger charge is -2.28. The summed E-state index contributed by atoms with van der Waals surface area (Å²) in [5.41, 5.74) is 2.34. The van der Waals surface area contributed by atoms with Crippen LogP contribution < -0.4 is 10.2 Å². The minimum absolute atomic E-state index is 0.867. The van der Waals surface area contributed by atoms with Gasteiger partial charge in [-0.25, -0.2) is 0 Å². The van der Waals surface area contributed by atoms with E-state index < -0.39 is 0 Å². The van der Waals surface area contributed by atoms with Gasteiger partial charge in [0.25, 0.3) is 0 Å². The predicted molar refractivity (Wildman–Crippen MR) is 78.2 cm³/mol. The van der Waals surface area contributed by atoms with Crippen molar-refractivity contribution < 1.29 is 0 Å². The Balaban J connectivity index is 1.94. The molecule has 0 spiro atoms. The van der Waals surface area contributed by atoms with Crippen LogP contribution in [-0.4, -0.2) is 25.1 Å². The summed E-state index contributed by atoms with van der Waals surface area (Å²) in [4.78, 5) is 6.66. The third-order valence-corrected chi connectivity index (χ3v) is 3.80. The van der Waals surface area contributed by atoms with E-state index in [0.29, 0.717) is 0 Å². The molecule has 1 fully saturated rings. The lowest BCUT2D eigenvalue weighted by molar-refractivity contribution is 0.362. The number of anilines is 2. The van der Waals surface area contributed by atoms with Crippen molar-refractivity contribution in [3.8, 4) is 0 Å². The van der Waals surface area contributed by atoms with Crippen LogP contribution in [0.2, 0.25) is 0 Å². The molecule has 100 valence electrons. The highest BCUT2D eigenvalue weighted by Crippen LogP contribution is 2.26. The summed E-state index contributed by atoms with van der Waals surface area (Å²) < 4.78 is 0. The fourth-order valence-electron chi connectivity index (χ4n) is 2.80. The maximum atomic E-state index is 4.31. The molecule has 0 saturated heterocycles. The van der Waals surface area contributed by atoms with Gasteiger partial charge in [-0.05, 0) is 31.7 Å². The van der Waals surface area contributed by atoms with E-state index in [1.807, 2.05) is 12.4 Å². The van der Waals surface area contributed by atoms with Gasteiger partial charge in [0.1, 0.15) is 0 Å². The Kier molecular flexibility index (Phi) is 4.85. The summed E-state index contributed by atoms with van der Waals surface area (Å²) in [5, 5.41) is 3.32. The molecule has 3 nitrogen and oxygen atoms in total. The molecule has 1 saturated carbocycles. The average Bonchev–Trinajstić information content (AvgIpc) is 2.40. The van der Waals surface area contributed by atoms with Crippen molar-refractivity contribution >= 4 is 11.4 Å². The predicted octanol–water partition coefficient (Wildman–Crippen LogP) is 3.53. The zero-order chi connectivity index (χ0) is 12.8. The number of rotatable bonds is 5. The van der Waals surface area contributed by atoms with Gasteiger partial charge in [0.15, 0.2) is 0 Å². The standard InChI is InChI=1S/C15H25N3/c1-3-17-14-9-15(11-16-10-14)18(2)12-13-7-5-4-6-8-13/h9-11,13,17H,3-8,12H2,1-2H3. The van der Waals surface area contributed by atoms with Crippen molar-refractivity contribution in [3.63, 3.8) is 0 Å². The fourth-order valence-corrected chi connectivity index (χ4v) is 2.80. The number of hydrogen-bond acceptors (Lipinski definition) is 3. The second kappa shape index (κ2) is 6.62. The first-order chi connectivity index (χ1) is 8.79. The molecular formula is C15H25N3. The molecule has 0 unspecified atom stereocenters. The highest BCUT2D eigenvalue weighted by atomic mass is 15.1. The quantitative estimate of drug-likeness (QED) is 0.862. The molecule has 1 aromatic heterocycles. The van der Waals surface area contributed by atoms with E-state index in [0.717, 1.165) is 24.7 Å². The summed E-state index contributed by atoms with van der Waals surface area (Å²) in [6.45, 7) is 4.22. The Morgan fingerprint density at radius 1 is 1.28 bits per heavy atom. The SMILES string of the molecule is CCNc1cncc(N(C)CC2CCCCC2)c1. The monoisotopic (exact) mass is 247 g/mol. The van der Waals surface area contributed by atoms with Gasteiger partial charge in [-0.2, -0.15) is 0 Å². The van der Waals surface area contributed by atoms with Crippen LogP contribution in [0.1, 0.15) is 39.0 Å². The topological polar surface area (TPSA) is 28.2 Å². The minimum Gasteiger partial charge on any atom is -0.384 e. The third kappa shape index (κ3) is 3.62. The molecule has 3 heteroatoms. The first-order valence-corrected chi connectivity index (χ1v) is 7.19. The van der Waals surface area contributed by atoms with Gasteiger partial charge in [-0.3, -0.25) is 4.98 Å². The minimum atomic E-state index is 0.867. The van der Waals surface area contributed by atoms with E-state index in [1.54, 1.807) is 0 Å².